The van der Waals surface area contributed by atoms with Crippen molar-refractivity contribution < 1.29 is 17.9 Å². The molecule has 4 nitrogen and oxygen atoms in total. The zero-order chi connectivity index (χ0) is 16.6. The predicted octanol–water partition coefficient (Wildman–Crippen LogP) is 2.75. The zero-order valence-corrected chi connectivity index (χ0v) is 13.1. The summed E-state index contributed by atoms with van der Waals surface area (Å²) >= 11 is 0. The highest BCUT2D eigenvalue weighted by Crippen LogP contribution is 2.29. The van der Waals surface area contributed by atoms with E-state index in [0.29, 0.717) is 32.3 Å². The molecule has 0 fully saturated rings. The van der Waals surface area contributed by atoms with Crippen molar-refractivity contribution in [2.75, 3.05) is 33.9 Å². The van der Waals surface area contributed by atoms with Gasteiger partial charge in [0.1, 0.15) is 0 Å². The van der Waals surface area contributed by atoms with Crippen molar-refractivity contribution in [2.24, 2.45) is 4.99 Å². The molecule has 0 saturated heterocycles. The highest BCUT2D eigenvalue weighted by molar-refractivity contribution is 5.79. The van der Waals surface area contributed by atoms with Crippen LogP contribution < -0.4 is 5.32 Å². The van der Waals surface area contributed by atoms with Gasteiger partial charge in [0.2, 0.25) is 0 Å². The van der Waals surface area contributed by atoms with Crippen LogP contribution in [-0.4, -0.2) is 44.7 Å². The number of alkyl halides is 3. The largest absolute Gasteiger partial charge is 0.416 e. The first-order valence-electron chi connectivity index (χ1n) is 7.04. The Balaban J connectivity index is 2.57. The van der Waals surface area contributed by atoms with Crippen LogP contribution in [-0.2, 0) is 17.5 Å². The summed E-state index contributed by atoms with van der Waals surface area (Å²) in [5.74, 6) is 0.666. The topological polar surface area (TPSA) is 36.9 Å². The van der Waals surface area contributed by atoms with Crippen LogP contribution in [0, 0.1) is 0 Å². The molecule has 0 amide bonds. The van der Waals surface area contributed by atoms with Crippen molar-refractivity contribution in [3.8, 4) is 0 Å². The summed E-state index contributed by atoms with van der Waals surface area (Å²) in [6, 6.07) is 5.14. The lowest BCUT2D eigenvalue weighted by atomic mass is 10.1. The summed E-state index contributed by atoms with van der Waals surface area (Å²) in [7, 11) is 3.49. The number of ether oxygens (including phenoxy) is 1. The molecule has 0 bridgehead atoms. The lowest BCUT2D eigenvalue weighted by Crippen LogP contribution is -2.39. The molecular weight excluding hydrogens is 295 g/mol. The fourth-order valence-corrected chi connectivity index (χ4v) is 1.91. The number of hydrogen-bond donors (Lipinski definition) is 1. The highest BCUT2D eigenvalue weighted by atomic mass is 19.4. The van der Waals surface area contributed by atoms with E-state index in [0.717, 1.165) is 17.7 Å². The molecule has 0 atom stereocenters. The van der Waals surface area contributed by atoms with Crippen LogP contribution in [0.5, 0.6) is 0 Å². The Kier molecular flexibility index (Phi) is 7.17. The van der Waals surface area contributed by atoms with Crippen molar-refractivity contribution in [1.29, 1.82) is 0 Å². The quantitative estimate of drug-likeness (QED) is 0.498. The minimum Gasteiger partial charge on any atom is -0.380 e. The molecule has 0 radical (unpaired) electrons. The van der Waals surface area contributed by atoms with Gasteiger partial charge in [-0.15, -0.1) is 0 Å². The van der Waals surface area contributed by atoms with E-state index < -0.39 is 11.7 Å². The summed E-state index contributed by atoms with van der Waals surface area (Å²) in [5.41, 5.74) is 0.140. The normalized spacial score (nSPS) is 12.4. The molecule has 0 unspecified atom stereocenters. The number of rotatable bonds is 6. The molecule has 0 spiro atoms. The number of nitrogens with one attached hydrogen (secondary N) is 1. The molecule has 22 heavy (non-hydrogen) atoms. The van der Waals surface area contributed by atoms with Crippen LogP contribution in [0.25, 0.3) is 0 Å². The van der Waals surface area contributed by atoms with Crippen LogP contribution in [0.1, 0.15) is 18.1 Å². The van der Waals surface area contributed by atoms with E-state index in [-0.39, 0.29) is 0 Å². The third-order valence-electron chi connectivity index (χ3n) is 3.01. The summed E-state index contributed by atoms with van der Waals surface area (Å²) in [6.07, 6.45) is -4.30. The van der Waals surface area contributed by atoms with E-state index in [1.54, 1.807) is 7.05 Å². The molecule has 0 aliphatic heterocycles. The zero-order valence-electron chi connectivity index (χ0n) is 13.1. The molecule has 0 aromatic heterocycles. The molecule has 1 aromatic carbocycles. The lowest BCUT2D eigenvalue weighted by Gasteiger charge is -2.22. The van der Waals surface area contributed by atoms with Crippen LogP contribution in [0.15, 0.2) is 29.3 Å². The van der Waals surface area contributed by atoms with Crippen molar-refractivity contribution in [1.82, 2.24) is 10.2 Å². The van der Waals surface area contributed by atoms with Gasteiger partial charge in [-0.3, -0.25) is 4.99 Å². The summed E-state index contributed by atoms with van der Waals surface area (Å²) in [5, 5.41) is 3.13. The van der Waals surface area contributed by atoms with Crippen molar-refractivity contribution in [2.45, 2.75) is 19.6 Å². The fourth-order valence-electron chi connectivity index (χ4n) is 1.91. The van der Waals surface area contributed by atoms with E-state index >= 15 is 0 Å². The Morgan fingerprint density at radius 3 is 2.41 bits per heavy atom. The first-order chi connectivity index (χ1) is 10.4. The molecule has 1 N–H and O–H groups in total. The van der Waals surface area contributed by atoms with Gasteiger partial charge in [0.05, 0.1) is 12.2 Å². The second-order valence-corrected chi connectivity index (χ2v) is 4.72. The maximum absolute atomic E-state index is 12.5. The van der Waals surface area contributed by atoms with E-state index in [1.807, 2.05) is 18.9 Å². The van der Waals surface area contributed by atoms with Crippen molar-refractivity contribution >= 4 is 5.96 Å². The molecule has 1 aromatic rings. The average molecular weight is 317 g/mol. The molecule has 124 valence electrons. The first-order valence-corrected chi connectivity index (χ1v) is 7.04. The van der Waals surface area contributed by atoms with Gasteiger partial charge in [-0.25, -0.2) is 0 Å². The number of benzene rings is 1. The molecular formula is C15H22F3N3O. The summed E-state index contributed by atoms with van der Waals surface area (Å²) < 4.78 is 42.8. The monoisotopic (exact) mass is 317 g/mol. The van der Waals surface area contributed by atoms with Crippen LogP contribution >= 0.6 is 0 Å². The number of guanidine groups is 1. The Bertz CT molecular complexity index is 472. The number of aliphatic imine (C=N–C) groups is 1. The maximum Gasteiger partial charge on any atom is 0.416 e. The van der Waals surface area contributed by atoms with Crippen LogP contribution in [0.3, 0.4) is 0 Å². The third-order valence-corrected chi connectivity index (χ3v) is 3.01. The second-order valence-electron chi connectivity index (χ2n) is 4.72. The van der Waals surface area contributed by atoms with Crippen molar-refractivity contribution in [3.05, 3.63) is 35.4 Å². The first kappa shape index (κ1) is 18.3. The van der Waals surface area contributed by atoms with E-state index in [1.165, 1.54) is 12.1 Å². The minimum atomic E-state index is -4.30. The summed E-state index contributed by atoms with van der Waals surface area (Å²) in [6.45, 7) is 4.24. The SMILES string of the molecule is CCOCCNC(=NC)N(C)Cc1ccc(C(F)(F)F)cc1. The van der Waals surface area contributed by atoms with Crippen LogP contribution in [0.4, 0.5) is 13.2 Å². The predicted molar refractivity (Wildman–Crippen MR) is 80.8 cm³/mol. The van der Waals surface area contributed by atoms with Crippen molar-refractivity contribution in [3.63, 3.8) is 0 Å². The summed E-state index contributed by atoms with van der Waals surface area (Å²) in [4.78, 5) is 5.98. The molecule has 1 rings (SSSR count). The molecule has 0 saturated carbocycles. The third kappa shape index (κ3) is 5.93. The van der Waals surface area contributed by atoms with E-state index in [9.17, 15) is 13.2 Å². The van der Waals surface area contributed by atoms with Gasteiger partial charge in [-0.2, -0.15) is 13.2 Å². The van der Waals surface area contributed by atoms with E-state index in [4.69, 9.17) is 4.74 Å². The molecule has 0 aliphatic rings. The van der Waals surface area contributed by atoms with Gasteiger partial charge in [0, 0.05) is 33.8 Å². The standard InChI is InChI=1S/C15H22F3N3O/c1-4-22-10-9-20-14(19-2)21(3)11-12-5-7-13(8-6-12)15(16,17)18/h5-8H,4,9-11H2,1-3H3,(H,19,20). The Labute approximate surface area is 129 Å². The number of nitrogens with zero attached hydrogens (tertiary/aromatic N) is 2. The van der Waals surface area contributed by atoms with E-state index in [2.05, 4.69) is 10.3 Å². The van der Waals surface area contributed by atoms with Gasteiger partial charge >= 0.3 is 6.18 Å². The molecule has 7 heteroatoms. The number of hydrogen-bond acceptors (Lipinski definition) is 2. The van der Waals surface area contributed by atoms with Crippen LogP contribution in [0.2, 0.25) is 0 Å². The van der Waals surface area contributed by atoms with Gasteiger partial charge in [0.15, 0.2) is 5.96 Å². The Morgan fingerprint density at radius 1 is 1.27 bits per heavy atom. The highest BCUT2D eigenvalue weighted by Gasteiger charge is 2.29. The van der Waals surface area contributed by atoms with Gasteiger partial charge in [-0.1, -0.05) is 12.1 Å². The molecule has 0 aliphatic carbocycles. The average Bonchev–Trinajstić information content (AvgIpc) is 2.47. The lowest BCUT2D eigenvalue weighted by molar-refractivity contribution is -0.137. The second kappa shape index (κ2) is 8.63. The van der Waals surface area contributed by atoms with Gasteiger partial charge < -0.3 is 15.0 Å². The van der Waals surface area contributed by atoms with Gasteiger partial charge in [-0.05, 0) is 24.6 Å². The molecule has 0 heterocycles. The maximum atomic E-state index is 12.5. The Morgan fingerprint density at radius 2 is 1.91 bits per heavy atom. The Hall–Kier alpha value is -1.76. The fraction of sp³-hybridized carbons (Fsp3) is 0.533. The number of halogens is 3. The minimum absolute atomic E-state index is 0.465. The smallest absolute Gasteiger partial charge is 0.380 e. The van der Waals surface area contributed by atoms with Gasteiger partial charge in [0.25, 0.3) is 0 Å².